The van der Waals surface area contributed by atoms with E-state index in [0.29, 0.717) is 19.3 Å². The quantitative estimate of drug-likeness (QED) is 0.0190. The van der Waals surface area contributed by atoms with Gasteiger partial charge in [-0.15, -0.1) is 0 Å². The molecule has 0 amide bonds. The molecule has 9 nitrogen and oxygen atoms in total. The van der Waals surface area contributed by atoms with E-state index < -0.39 is 32.5 Å². The maximum absolute atomic E-state index is 12.4. The number of unbranched alkanes of at least 4 members (excludes halogenated alkanes) is 14. The number of allylic oxidation sites excluding steroid dienone is 9. The van der Waals surface area contributed by atoms with E-state index in [-0.39, 0.29) is 25.6 Å². The predicted molar refractivity (Wildman–Crippen MR) is 208 cm³/mol. The van der Waals surface area contributed by atoms with Crippen LogP contribution < -0.4 is 0 Å². The zero-order valence-electron chi connectivity index (χ0n) is 31.8. The van der Waals surface area contributed by atoms with Crippen molar-refractivity contribution < 1.29 is 43.0 Å². The van der Waals surface area contributed by atoms with Crippen LogP contribution in [0.5, 0.6) is 0 Å². The fraction of sp³-hybridized carbons (Fsp3) is 0.707. The number of hydrogen-bond acceptors (Lipinski definition) is 7. The Labute approximate surface area is 309 Å². The maximum atomic E-state index is 12.4. The molecule has 0 fully saturated rings. The summed E-state index contributed by atoms with van der Waals surface area (Å²) in [6.45, 7) is 3.48. The van der Waals surface area contributed by atoms with Crippen LogP contribution in [0.25, 0.3) is 0 Å². The number of ether oxygens (including phenoxy) is 2. The van der Waals surface area contributed by atoms with Crippen molar-refractivity contribution in [2.75, 3.05) is 13.2 Å². The first kappa shape index (κ1) is 48.7. The van der Waals surface area contributed by atoms with Gasteiger partial charge in [-0.1, -0.05) is 145 Å². The number of rotatable bonds is 35. The molecule has 0 aromatic carbocycles. The van der Waals surface area contributed by atoms with E-state index in [9.17, 15) is 19.3 Å². The number of phosphoric acid groups is 1. The largest absolute Gasteiger partial charge is 0.469 e. The minimum Gasteiger partial charge on any atom is -0.462 e. The average Bonchev–Trinajstić information content (AvgIpc) is 3.09. The van der Waals surface area contributed by atoms with E-state index in [0.717, 1.165) is 77.0 Å². The molecule has 2 atom stereocenters. The highest BCUT2D eigenvalue weighted by molar-refractivity contribution is 7.46. The highest BCUT2D eigenvalue weighted by Crippen LogP contribution is 2.36. The summed E-state index contributed by atoms with van der Waals surface area (Å²) in [5.74, 6) is -0.991. The second-order valence-electron chi connectivity index (χ2n) is 13.1. The highest BCUT2D eigenvalue weighted by Gasteiger charge is 2.22. The number of aliphatic hydroxyl groups excluding tert-OH is 1. The zero-order chi connectivity index (χ0) is 37.7. The van der Waals surface area contributed by atoms with Crippen molar-refractivity contribution >= 4 is 19.8 Å². The number of hydrogen-bond donors (Lipinski definition) is 3. The van der Waals surface area contributed by atoms with Gasteiger partial charge in [0, 0.05) is 12.8 Å². The highest BCUT2D eigenvalue weighted by atomic mass is 31.2. The lowest BCUT2D eigenvalue weighted by molar-refractivity contribution is -0.161. The Morgan fingerprint density at radius 3 is 1.80 bits per heavy atom. The van der Waals surface area contributed by atoms with E-state index in [1.165, 1.54) is 38.5 Å². The summed E-state index contributed by atoms with van der Waals surface area (Å²) in [6, 6.07) is 0. The molecule has 3 N–H and O–H groups in total. The van der Waals surface area contributed by atoms with Crippen LogP contribution in [-0.4, -0.2) is 52.3 Å². The minimum atomic E-state index is -4.78. The van der Waals surface area contributed by atoms with Crippen LogP contribution in [0.15, 0.2) is 60.8 Å². The van der Waals surface area contributed by atoms with E-state index >= 15 is 0 Å². The van der Waals surface area contributed by atoms with Crippen molar-refractivity contribution in [2.45, 2.75) is 174 Å². The van der Waals surface area contributed by atoms with Gasteiger partial charge in [-0.2, -0.15) is 0 Å². The van der Waals surface area contributed by atoms with E-state index in [1.807, 2.05) is 36.5 Å². The minimum absolute atomic E-state index is 0.167. The third-order valence-corrected chi connectivity index (χ3v) is 8.60. The maximum Gasteiger partial charge on any atom is 0.469 e. The number of esters is 2. The van der Waals surface area contributed by atoms with Gasteiger partial charge in [0.15, 0.2) is 6.10 Å². The van der Waals surface area contributed by atoms with Gasteiger partial charge < -0.3 is 24.4 Å². The molecule has 0 heterocycles. The molecule has 0 aliphatic rings. The van der Waals surface area contributed by atoms with Crippen LogP contribution in [-0.2, 0) is 28.2 Å². The molecule has 0 unspecified atom stereocenters. The van der Waals surface area contributed by atoms with Gasteiger partial charge in [0.05, 0.1) is 12.7 Å². The van der Waals surface area contributed by atoms with Crippen LogP contribution in [0.2, 0.25) is 0 Å². The van der Waals surface area contributed by atoms with Crippen molar-refractivity contribution in [2.24, 2.45) is 0 Å². The first-order chi connectivity index (χ1) is 24.7. The molecular weight excluding hydrogens is 667 g/mol. The molecule has 0 aromatic rings. The fourth-order valence-electron chi connectivity index (χ4n) is 5.12. The topological polar surface area (TPSA) is 140 Å². The second-order valence-corrected chi connectivity index (χ2v) is 14.3. The van der Waals surface area contributed by atoms with Crippen LogP contribution in [0.4, 0.5) is 0 Å². The van der Waals surface area contributed by atoms with Gasteiger partial charge in [-0.3, -0.25) is 14.1 Å². The summed E-state index contributed by atoms with van der Waals surface area (Å²) < 4.78 is 26.2. The van der Waals surface area contributed by atoms with E-state index in [2.05, 4.69) is 42.7 Å². The molecule has 10 heteroatoms. The lowest BCUT2D eigenvalue weighted by atomic mass is 10.1. The van der Waals surface area contributed by atoms with Crippen LogP contribution in [0.3, 0.4) is 0 Å². The molecular formula is C41H71O9P. The molecule has 0 aromatic heterocycles. The summed E-state index contributed by atoms with van der Waals surface area (Å²) >= 11 is 0. The van der Waals surface area contributed by atoms with Gasteiger partial charge in [0.25, 0.3) is 0 Å². The molecule has 51 heavy (non-hydrogen) atoms. The SMILES string of the molecule is CCCCCCCC/C=C\CCCCCCCC(=O)O[C@H](COC(=O)CCC/C=C\C/C=C\C/C=C\C=C\[C@H](O)CCCCC)COP(=O)(O)O. The van der Waals surface area contributed by atoms with Gasteiger partial charge in [-0.25, -0.2) is 4.57 Å². The number of carbonyl (C=O) groups excluding carboxylic acids is 2. The van der Waals surface area contributed by atoms with Crippen molar-refractivity contribution in [3.05, 3.63) is 60.8 Å². The Hall–Kier alpha value is -2.29. The molecule has 294 valence electrons. The molecule has 0 saturated carbocycles. The molecule has 0 aliphatic carbocycles. The first-order valence-corrected chi connectivity index (χ1v) is 21.2. The molecule has 0 aliphatic heterocycles. The summed E-state index contributed by atoms with van der Waals surface area (Å²) in [6.07, 6.45) is 41.3. The molecule has 0 spiro atoms. The van der Waals surface area contributed by atoms with Crippen LogP contribution in [0, 0.1) is 0 Å². The Kier molecular flexibility index (Phi) is 34.5. The fourth-order valence-corrected chi connectivity index (χ4v) is 5.48. The monoisotopic (exact) mass is 738 g/mol. The van der Waals surface area contributed by atoms with Crippen LogP contribution >= 0.6 is 7.82 Å². The van der Waals surface area contributed by atoms with Crippen molar-refractivity contribution in [3.63, 3.8) is 0 Å². The first-order valence-electron chi connectivity index (χ1n) is 19.7. The second kappa shape index (κ2) is 36.1. The molecule has 0 bridgehead atoms. The normalized spacial score (nSPS) is 13.7. The summed E-state index contributed by atoms with van der Waals surface area (Å²) in [7, 11) is -4.78. The van der Waals surface area contributed by atoms with Crippen molar-refractivity contribution in [1.29, 1.82) is 0 Å². The summed E-state index contributed by atoms with van der Waals surface area (Å²) in [5, 5.41) is 9.86. The predicted octanol–water partition coefficient (Wildman–Crippen LogP) is 10.7. The lowest BCUT2D eigenvalue weighted by Crippen LogP contribution is -2.29. The van der Waals surface area contributed by atoms with E-state index in [1.54, 1.807) is 0 Å². The number of phosphoric ester groups is 1. The van der Waals surface area contributed by atoms with Crippen LogP contribution in [0.1, 0.15) is 162 Å². The Bertz CT molecular complexity index is 1030. The van der Waals surface area contributed by atoms with Gasteiger partial charge in [0.1, 0.15) is 6.61 Å². The van der Waals surface area contributed by atoms with E-state index in [4.69, 9.17) is 19.3 Å². The summed E-state index contributed by atoms with van der Waals surface area (Å²) in [5.41, 5.74) is 0. The third kappa shape index (κ3) is 38.8. The average molecular weight is 739 g/mol. The molecule has 0 saturated heterocycles. The Morgan fingerprint density at radius 2 is 1.14 bits per heavy atom. The van der Waals surface area contributed by atoms with Crippen molar-refractivity contribution in [1.82, 2.24) is 0 Å². The van der Waals surface area contributed by atoms with Crippen molar-refractivity contribution in [3.8, 4) is 0 Å². The van der Waals surface area contributed by atoms with Gasteiger partial charge in [0.2, 0.25) is 0 Å². The molecule has 0 rings (SSSR count). The lowest BCUT2D eigenvalue weighted by Gasteiger charge is -2.18. The summed E-state index contributed by atoms with van der Waals surface area (Å²) in [4.78, 5) is 42.7. The Balaban J connectivity index is 4.12. The van der Waals surface area contributed by atoms with Gasteiger partial charge >= 0.3 is 19.8 Å². The Morgan fingerprint density at radius 1 is 0.608 bits per heavy atom. The third-order valence-electron chi connectivity index (χ3n) is 8.11. The number of aliphatic hydroxyl groups is 1. The van der Waals surface area contributed by atoms with Gasteiger partial charge in [-0.05, 0) is 64.2 Å². The standard InChI is InChI=1S/C41H71O9P/c1-3-5-7-8-9-10-11-12-13-14-17-21-24-27-31-35-41(44)50-39(37-49-51(45,46)47)36-48-40(43)34-30-26-23-20-18-15-16-19-22-25-29-33-38(42)32-28-6-4-2/h12-13,15-16,20,22-23,25,29,33,38-39,42H,3-11,14,17-19,21,24,26-28,30-32,34-37H2,1-2H3,(H2,45,46,47)/b13-12-,16-15-,23-20-,25-22-,33-29+/t38-,39-/m1/s1. The zero-order valence-corrected chi connectivity index (χ0v) is 32.7. The smallest absolute Gasteiger partial charge is 0.462 e. The molecule has 0 radical (unpaired) electrons. The number of carbonyl (C=O) groups is 2.